The van der Waals surface area contributed by atoms with E-state index in [0.717, 1.165) is 5.69 Å². The van der Waals surface area contributed by atoms with Gasteiger partial charge in [-0.05, 0) is 24.3 Å². The van der Waals surface area contributed by atoms with Gasteiger partial charge in [-0.1, -0.05) is 0 Å². The molecule has 0 atom stereocenters. The van der Waals surface area contributed by atoms with Gasteiger partial charge in [0.25, 0.3) is 0 Å². The standard InChI is InChI=1S/C10H9FN2O/c11-8-1-3-10(4-2-8)14-6-9-5-12-7-13-9/h1-5,7H,6H2,(H,12,13). The second-order valence-electron chi connectivity index (χ2n) is 2.82. The summed E-state index contributed by atoms with van der Waals surface area (Å²) in [6, 6.07) is 5.90. The van der Waals surface area contributed by atoms with E-state index in [2.05, 4.69) is 9.97 Å². The Morgan fingerprint density at radius 3 is 2.71 bits per heavy atom. The van der Waals surface area contributed by atoms with Crippen LogP contribution in [0.2, 0.25) is 0 Å². The molecule has 0 saturated carbocycles. The van der Waals surface area contributed by atoms with E-state index in [9.17, 15) is 4.39 Å². The van der Waals surface area contributed by atoms with E-state index >= 15 is 0 Å². The van der Waals surface area contributed by atoms with Crippen molar-refractivity contribution in [2.45, 2.75) is 6.61 Å². The van der Waals surface area contributed by atoms with E-state index in [4.69, 9.17) is 4.74 Å². The summed E-state index contributed by atoms with van der Waals surface area (Å²) in [5.41, 5.74) is 0.884. The minimum absolute atomic E-state index is 0.265. The molecule has 14 heavy (non-hydrogen) atoms. The SMILES string of the molecule is Fc1ccc(OCc2cnc[nH]2)cc1. The molecule has 0 aliphatic rings. The number of benzene rings is 1. The highest BCUT2D eigenvalue weighted by Crippen LogP contribution is 2.12. The number of nitrogens with zero attached hydrogens (tertiary/aromatic N) is 1. The van der Waals surface area contributed by atoms with Gasteiger partial charge in [0, 0.05) is 0 Å². The highest BCUT2D eigenvalue weighted by molar-refractivity contribution is 5.22. The Bertz CT molecular complexity index is 383. The lowest BCUT2D eigenvalue weighted by Crippen LogP contribution is -1.95. The van der Waals surface area contributed by atoms with Crippen molar-refractivity contribution in [3.63, 3.8) is 0 Å². The van der Waals surface area contributed by atoms with Crippen LogP contribution in [0.1, 0.15) is 5.69 Å². The smallest absolute Gasteiger partial charge is 0.130 e. The molecule has 0 fully saturated rings. The maximum atomic E-state index is 12.5. The number of nitrogens with one attached hydrogen (secondary N) is 1. The molecule has 3 nitrogen and oxygen atoms in total. The fourth-order valence-electron chi connectivity index (χ4n) is 1.06. The summed E-state index contributed by atoms with van der Waals surface area (Å²) >= 11 is 0. The molecule has 0 spiro atoms. The third kappa shape index (κ3) is 2.10. The van der Waals surface area contributed by atoms with Crippen molar-refractivity contribution in [3.05, 3.63) is 48.3 Å². The van der Waals surface area contributed by atoms with Crippen LogP contribution < -0.4 is 4.74 Å². The van der Waals surface area contributed by atoms with Gasteiger partial charge >= 0.3 is 0 Å². The van der Waals surface area contributed by atoms with Gasteiger partial charge in [-0.15, -0.1) is 0 Å². The first kappa shape index (κ1) is 8.74. The molecule has 0 aliphatic carbocycles. The van der Waals surface area contributed by atoms with Gasteiger partial charge in [0.1, 0.15) is 18.2 Å². The van der Waals surface area contributed by atoms with Gasteiger partial charge in [0.2, 0.25) is 0 Å². The first-order valence-electron chi connectivity index (χ1n) is 4.20. The van der Waals surface area contributed by atoms with Crippen molar-refractivity contribution in [3.8, 4) is 5.75 Å². The fourth-order valence-corrected chi connectivity index (χ4v) is 1.06. The average molecular weight is 192 g/mol. The Kier molecular flexibility index (Phi) is 2.44. The summed E-state index contributed by atoms with van der Waals surface area (Å²) in [5, 5.41) is 0. The minimum atomic E-state index is -0.265. The predicted molar refractivity (Wildman–Crippen MR) is 49.3 cm³/mol. The van der Waals surface area contributed by atoms with Crippen LogP contribution in [0.5, 0.6) is 5.75 Å². The summed E-state index contributed by atoms with van der Waals surface area (Å²) in [7, 11) is 0. The number of aromatic nitrogens is 2. The number of rotatable bonds is 3. The predicted octanol–water partition coefficient (Wildman–Crippen LogP) is 2.13. The molecule has 1 aromatic carbocycles. The molecule has 1 heterocycles. The van der Waals surface area contributed by atoms with E-state index in [1.54, 1.807) is 24.7 Å². The lowest BCUT2D eigenvalue weighted by Gasteiger charge is -2.03. The van der Waals surface area contributed by atoms with Gasteiger partial charge in [-0.25, -0.2) is 9.37 Å². The van der Waals surface area contributed by atoms with E-state index in [1.807, 2.05) is 0 Å². The van der Waals surface area contributed by atoms with E-state index < -0.39 is 0 Å². The molecule has 0 amide bonds. The number of H-pyrrole nitrogens is 1. The van der Waals surface area contributed by atoms with Crippen molar-refractivity contribution in [1.29, 1.82) is 0 Å². The van der Waals surface area contributed by atoms with Crippen LogP contribution >= 0.6 is 0 Å². The Hall–Kier alpha value is -1.84. The number of halogens is 1. The fraction of sp³-hybridized carbons (Fsp3) is 0.100. The summed E-state index contributed by atoms with van der Waals surface area (Å²) in [6.45, 7) is 0.408. The molecule has 0 bridgehead atoms. The normalized spacial score (nSPS) is 10.1. The summed E-state index contributed by atoms with van der Waals surface area (Å²) in [6.07, 6.45) is 3.27. The van der Waals surface area contributed by atoms with Crippen LogP contribution in [-0.4, -0.2) is 9.97 Å². The molecule has 0 saturated heterocycles. The molecule has 1 aromatic heterocycles. The van der Waals surface area contributed by atoms with Gasteiger partial charge in [-0.3, -0.25) is 0 Å². The van der Waals surface area contributed by atoms with Crippen molar-refractivity contribution in [2.24, 2.45) is 0 Å². The molecule has 2 rings (SSSR count). The third-order valence-corrected chi connectivity index (χ3v) is 1.76. The number of aromatic amines is 1. The highest BCUT2D eigenvalue weighted by atomic mass is 19.1. The molecule has 0 aliphatic heterocycles. The summed E-state index contributed by atoms with van der Waals surface area (Å²) < 4.78 is 17.9. The number of hydrogen-bond donors (Lipinski definition) is 1. The lowest BCUT2D eigenvalue weighted by atomic mass is 10.3. The van der Waals surface area contributed by atoms with Gasteiger partial charge in [0.15, 0.2) is 0 Å². The third-order valence-electron chi connectivity index (χ3n) is 1.76. The highest BCUT2D eigenvalue weighted by Gasteiger charge is 1.96. The molecule has 72 valence electrons. The maximum absolute atomic E-state index is 12.5. The number of ether oxygens (including phenoxy) is 1. The summed E-state index contributed by atoms with van der Waals surface area (Å²) in [4.78, 5) is 6.76. The van der Waals surface area contributed by atoms with E-state index in [1.165, 1.54) is 12.1 Å². The first-order valence-corrected chi connectivity index (χ1v) is 4.20. The molecule has 4 heteroatoms. The second-order valence-corrected chi connectivity index (χ2v) is 2.82. The molecule has 0 radical (unpaired) electrons. The Morgan fingerprint density at radius 2 is 2.07 bits per heavy atom. The number of imidazole rings is 1. The zero-order chi connectivity index (χ0) is 9.80. The monoisotopic (exact) mass is 192 g/mol. The van der Waals surface area contributed by atoms with Gasteiger partial charge < -0.3 is 9.72 Å². The first-order chi connectivity index (χ1) is 6.84. The van der Waals surface area contributed by atoms with Crippen molar-refractivity contribution in [1.82, 2.24) is 9.97 Å². The minimum Gasteiger partial charge on any atom is -0.487 e. The molecule has 0 unspecified atom stereocenters. The average Bonchev–Trinajstić information content (AvgIpc) is 2.70. The molecule has 2 aromatic rings. The largest absolute Gasteiger partial charge is 0.487 e. The Labute approximate surface area is 80.6 Å². The van der Waals surface area contributed by atoms with Crippen LogP contribution in [0.15, 0.2) is 36.8 Å². The zero-order valence-corrected chi connectivity index (χ0v) is 7.40. The van der Waals surface area contributed by atoms with Gasteiger partial charge in [0.05, 0.1) is 18.2 Å². The van der Waals surface area contributed by atoms with E-state index in [0.29, 0.717) is 12.4 Å². The number of hydrogen-bond acceptors (Lipinski definition) is 2. The quantitative estimate of drug-likeness (QED) is 0.808. The second kappa shape index (κ2) is 3.91. The maximum Gasteiger partial charge on any atom is 0.130 e. The molecular formula is C10H9FN2O. The zero-order valence-electron chi connectivity index (χ0n) is 7.40. The van der Waals surface area contributed by atoms with Crippen LogP contribution in [-0.2, 0) is 6.61 Å². The van der Waals surface area contributed by atoms with Crippen LogP contribution in [0.3, 0.4) is 0 Å². The summed E-state index contributed by atoms with van der Waals surface area (Å²) in [5.74, 6) is 0.375. The van der Waals surface area contributed by atoms with Crippen molar-refractivity contribution < 1.29 is 9.13 Å². The van der Waals surface area contributed by atoms with Crippen molar-refractivity contribution in [2.75, 3.05) is 0 Å². The van der Waals surface area contributed by atoms with E-state index in [-0.39, 0.29) is 5.82 Å². The van der Waals surface area contributed by atoms with Crippen LogP contribution in [0, 0.1) is 5.82 Å². The van der Waals surface area contributed by atoms with Crippen LogP contribution in [0.4, 0.5) is 4.39 Å². The topological polar surface area (TPSA) is 37.9 Å². The van der Waals surface area contributed by atoms with Crippen molar-refractivity contribution >= 4 is 0 Å². The van der Waals surface area contributed by atoms with Gasteiger partial charge in [-0.2, -0.15) is 0 Å². The Morgan fingerprint density at radius 1 is 1.29 bits per heavy atom. The Balaban J connectivity index is 1.95. The lowest BCUT2D eigenvalue weighted by molar-refractivity contribution is 0.301. The van der Waals surface area contributed by atoms with Crippen LogP contribution in [0.25, 0.3) is 0 Å². The molecular weight excluding hydrogens is 183 g/mol. The molecule has 1 N–H and O–H groups in total.